The Morgan fingerprint density at radius 2 is 1.11 bits per heavy atom. The fourth-order valence-electron chi connectivity index (χ4n) is 1.37. The van der Waals surface area contributed by atoms with E-state index in [0.29, 0.717) is 0 Å². The molecule has 5 nitrogen and oxygen atoms in total. The molecule has 19 heavy (non-hydrogen) atoms. The van der Waals surface area contributed by atoms with E-state index in [-0.39, 0.29) is 11.6 Å². The third-order valence-electron chi connectivity index (χ3n) is 2.59. The summed E-state index contributed by atoms with van der Waals surface area (Å²) in [6.07, 6.45) is -0.448. The van der Waals surface area contributed by atoms with Crippen LogP contribution in [0.5, 0.6) is 0 Å². The molecule has 108 valence electrons. The van der Waals surface area contributed by atoms with Gasteiger partial charge in [-0.05, 0) is 0 Å². The number of nitrogens with one attached hydrogen (secondary N) is 2. The second kappa shape index (κ2) is 6.19. The average Bonchev–Trinajstić information content (AvgIpc) is 2.26. The van der Waals surface area contributed by atoms with Crippen LogP contribution in [0.3, 0.4) is 0 Å². The molecule has 0 saturated heterocycles. The van der Waals surface area contributed by atoms with Crippen LogP contribution < -0.4 is 0 Å². The molecular weight excluding hydrogens is 244 g/mol. The van der Waals surface area contributed by atoms with Crippen LogP contribution in [0.4, 0.5) is 0 Å². The molecule has 0 aromatic carbocycles. The topological polar surface area (TPSA) is 91.1 Å². The molecule has 2 N–H and O–H groups in total. The van der Waals surface area contributed by atoms with Crippen LogP contribution in [-0.4, -0.2) is 36.2 Å². The van der Waals surface area contributed by atoms with Crippen molar-refractivity contribution in [2.24, 2.45) is 10.8 Å². The first-order chi connectivity index (χ1) is 8.45. The molecule has 2 unspecified atom stereocenters. The number of hydrogen-bond acceptors (Lipinski definition) is 5. The first-order valence-corrected chi connectivity index (χ1v) is 6.20. The third kappa shape index (κ3) is 5.03. The summed E-state index contributed by atoms with van der Waals surface area (Å²) >= 11 is 0. The van der Waals surface area contributed by atoms with Crippen LogP contribution in [0.15, 0.2) is 0 Å². The van der Waals surface area contributed by atoms with E-state index >= 15 is 0 Å². The Hall–Kier alpha value is -1.36. The maximum atomic E-state index is 12.1. The predicted octanol–water partition coefficient (Wildman–Crippen LogP) is 2.27. The Kier molecular flexibility index (Phi) is 5.75. The van der Waals surface area contributed by atoms with Gasteiger partial charge in [0.05, 0.1) is 0 Å². The molecule has 5 heteroatoms. The van der Waals surface area contributed by atoms with Crippen molar-refractivity contribution in [2.45, 2.75) is 53.8 Å². The summed E-state index contributed by atoms with van der Waals surface area (Å²) in [4.78, 5) is 24.1. The summed E-state index contributed by atoms with van der Waals surface area (Å²) in [6, 6.07) is 0. The van der Waals surface area contributed by atoms with Crippen molar-refractivity contribution in [3.8, 4) is 0 Å². The number of hydrogen-bond donors (Lipinski definition) is 2. The standard InChI is InChI=1S/C14H24N2O3/c1-13(2,3)11(17)9(7-15)19-10(8-16)12(18)14(4,5)6/h7-10,15-16H,1-6H3. The SMILES string of the molecule is CC(C)(C)C(=O)C(C=N)OC(C=N)C(=O)C(C)(C)C. The molecule has 0 heterocycles. The van der Waals surface area contributed by atoms with E-state index in [1.807, 2.05) is 0 Å². The van der Waals surface area contributed by atoms with E-state index in [1.54, 1.807) is 41.5 Å². The molecule has 0 bridgehead atoms. The molecule has 0 aliphatic carbocycles. The minimum atomic E-state index is -1.10. The number of carbonyl (C=O) groups is 2. The zero-order valence-corrected chi connectivity index (χ0v) is 12.5. The lowest BCUT2D eigenvalue weighted by molar-refractivity contribution is -0.142. The van der Waals surface area contributed by atoms with Crippen molar-refractivity contribution in [1.29, 1.82) is 10.8 Å². The Morgan fingerprint density at radius 1 is 0.842 bits per heavy atom. The third-order valence-corrected chi connectivity index (χ3v) is 2.59. The van der Waals surface area contributed by atoms with Gasteiger partial charge in [0.15, 0.2) is 23.8 Å². The van der Waals surface area contributed by atoms with Crippen LogP contribution in [-0.2, 0) is 14.3 Å². The van der Waals surface area contributed by atoms with Gasteiger partial charge >= 0.3 is 0 Å². The van der Waals surface area contributed by atoms with E-state index in [2.05, 4.69) is 0 Å². The molecule has 0 radical (unpaired) electrons. The van der Waals surface area contributed by atoms with Crippen molar-refractivity contribution in [1.82, 2.24) is 0 Å². The largest absolute Gasteiger partial charge is 0.348 e. The van der Waals surface area contributed by atoms with E-state index in [1.165, 1.54) is 0 Å². The van der Waals surface area contributed by atoms with Gasteiger partial charge < -0.3 is 15.6 Å². The van der Waals surface area contributed by atoms with Gasteiger partial charge in [0.25, 0.3) is 0 Å². The van der Waals surface area contributed by atoms with Gasteiger partial charge in [-0.3, -0.25) is 9.59 Å². The monoisotopic (exact) mass is 268 g/mol. The second-order valence-electron chi connectivity index (χ2n) is 6.54. The van der Waals surface area contributed by atoms with Gasteiger partial charge in [-0.15, -0.1) is 0 Å². The zero-order valence-electron chi connectivity index (χ0n) is 12.5. The molecule has 0 fully saturated rings. The number of carbonyl (C=O) groups excluding carboxylic acids is 2. The molecular formula is C14H24N2O3. The minimum Gasteiger partial charge on any atom is -0.348 e. The maximum absolute atomic E-state index is 12.1. The summed E-state index contributed by atoms with van der Waals surface area (Å²) < 4.78 is 5.34. The molecule has 0 aromatic heterocycles. The van der Waals surface area contributed by atoms with Crippen molar-refractivity contribution < 1.29 is 14.3 Å². The van der Waals surface area contributed by atoms with Crippen molar-refractivity contribution in [3.05, 3.63) is 0 Å². The summed E-state index contributed by atoms with van der Waals surface area (Å²) in [5.74, 6) is -0.563. The Bertz CT molecular complexity index is 339. The highest BCUT2D eigenvalue weighted by molar-refractivity contribution is 6.03. The van der Waals surface area contributed by atoms with Gasteiger partial charge in [0.1, 0.15) is 0 Å². The van der Waals surface area contributed by atoms with Crippen LogP contribution in [0.1, 0.15) is 41.5 Å². The fraction of sp³-hybridized carbons (Fsp3) is 0.714. The van der Waals surface area contributed by atoms with Crippen molar-refractivity contribution in [2.75, 3.05) is 0 Å². The quantitative estimate of drug-likeness (QED) is 0.724. The molecule has 2 atom stereocenters. The van der Waals surface area contributed by atoms with Gasteiger partial charge in [-0.1, -0.05) is 41.5 Å². The van der Waals surface area contributed by atoms with Crippen molar-refractivity contribution in [3.63, 3.8) is 0 Å². The molecule has 0 aromatic rings. The first kappa shape index (κ1) is 17.6. The molecule has 0 aliphatic rings. The molecule has 0 rings (SSSR count). The predicted molar refractivity (Wildman–Crippen MR) is 75.2 cm³/mol. The Balaban J connectivity index is 5.06. The van der Waals surface area contributed by atoms with Crippen LogP contribution in [0.2, 0.25) is 0 Å². The molecule has 0 saturated carbocycles. The lowest BCUT2D eigenvalue weighted by atomic mass is 9.86. The number of ether oxygens (including phenoxy) is 1. The summed E-state index contributed by atoms with van der Waals surface area (Å²) in [6.45, 7) is 10.3. The minimum absolute atomic E-state index is 0.281. The highest BCUT2D eigenvalue weighted by Crippen LogP contribution is 2.21. The average molecular weight is 268 g/mol. The van der Waals surface area contributed by atoms with E-state index in [9.17, 15) is 9.59 Å². The summed E-state index contributed by atoms with van der Waals surface area (Å²) in [5, 5.41) is 14.6. The molecule has 0 aliphatic heterocycles. The highest BCUT2D eigenvalue weighted by atomic mass is 16.5. The normalized spacial score (nSPS) is 15.5. The summed E-state index contributed by atoms with van der Waals surface area (Å²) in [7, 11) is 0. The van der Waals surface area contributed by atoms with Crippen LogP contribution in [0, 0.1) is 21.6 Å². The Morgan fingerprint density at radius 3 is 1.26 bits per heavy atom. The van der Waals surface area contributed by atoms with Gasteiger partial charge in [0.2, 0.25) is 0 Å². The maximum Gasteiger partial charge on any atom is 0.172 e. The van der Waals surface area contributed by atoms with Crippen molar-refractivity contribution >= 4 is 24.0 Å². The highest BCUT2D eigenvalue weighted by Gasteiger charge is 2.35. The number of ketones is 2. The zero-order chi connectivity index (χ0) is 15.4. The smallest absolute Gasteiger partial charge is 0.172 e. The number of rotatable bonds is 6. The molecule has 0 spiro atoms. The van der Waals surface area contributed by atoms with E-state index < -0.39 is 23.0 Å². The Labute approximate surface area is 114 Å². The second-order valence-corrected chi connectivity index (χ2v) is 6.54. The lowest BCUT2D eigenvalue weighted by Crippen LogP contribution is -2.43. The van der Waals surface area contributed by atoms with E-state index in [4.69, 9.17) is 15.6 Å². The van der Waals surface area contributed by atoms with Crippen LogP contribution in [0.25, 0.3) is 0 Å². The van der Waals surface area contributed by atoms with Crippen LogP contribution >= 0.6 is 0 Å². The number of Topliss-reactive ketones (excluding diaryl/α,β-unsaturated/α-hetero) is 2. The fourth-order valence-corrected chi connectivity index (χ4v) is 1.37. The molecule has 0 amide bonds. The van der Waals surface area contributed by atoms with Gasteiger partial charge in [-0.2, -0.15) is 0 Å². The summed E-state index contributed by atoms with van der Waals surface area (Å²) in [5.41, 5.74) is -1.33. The lowest BCUT2D eigenvalue weighted by Gasteiger charge is -2.27. The van der Waals surface area contributed by atoms with Gasteiger partial charge in [0, 0.05) is 23.3 Å². The van der Waals surface area contributed by atoms with E-state index in [0.717, 1.165) is 12.4 Å². The van der Waals surface area contributed by atoms with Gasteiger partial charge in [-0.25, -0.2) is 0 Å². The first-order valence-electron chi connectivity index (χ1n) is 6.20.